The molecule has 23 heavy (non-hydrogen) atoms. The summed E-state index contributed by atoms with van der Waals surface area (Å²) in [7, 11) is 0. The van der Waals surface area contributed by atoms with Crippen LogP contribution in [0.25, 0.3) is 0 Å². The van der Waals surface area contributed by atoms with Gasteiger partial charge in [-0.05, 0) is 6.92 Å². The SMILES string of the molecule is Cc1nc(CN2CCO[C@H]3CN(Cc4nccs4)C[C@H]3C2)cs1. The van der Waals surface area contributed by atoms with Gasteiger partial charge in [-0.15, -0.1) is 22.7 Å². The van der Waals surface area contributed by atoms with Crippen LogP contribution in [0.15, 0.2) is 17.0 Å². The molecule has 2 aliphatic heterocycles. The third-order valence-corrected chi connectivity index (χ3v) is 6.17. The van der Waals surface area contributed by atoms with Crippen LogP contribution in [0, 0.1) is 12.8 Å². The maximum absolute atomic E-state index is 6.13. The number of rotatable bonds is 4. The molecule has 2 atom stereocenters. The molecule has 5 nitrogen and oxygen atoms in total. The molecule has 124 valence electrons. The van der Waals surface area contributed by atoms with Crippen molar-refractivity contribution in [2.75, 3.05) is 32.8 Å². The molecule has 0 aromatic carbocycles. The molecule has 4 rings (SSSR count). The maximum Gasteiger partial charge on any atom is 0.107 e. The lowest BCUT2D eigenvalue weighted by Crippen LogP contribution is -2.32. The number of ether oxygens (including phenoxy) is 1. The van der Waals surface area contributed by atoms with Gasteiger partial charge in [0.15, 0.2) is 0 Å². The van der Waals surface area contributed by atoms with E-state index in [0.717, 1.165) is 50.9 Å². The molecular formula is C16H22N4OS2. The van der Waals surface area contributed by atoms with E-state index in [1.165, 1.54) is 10.7 Å². The summed E-state index contributed by atoms with van der Waals surface area (Å²) in [6.45, 7) is 9.07. The summed E-state index contributed by atoms with van der Waals surface area (Å²) < 4.78 is 6.13. The standard InChI is InChI=1S/C16H22N4OS2/c1-12-18-14(11-23-12)8-19-3-4-21-15-9-20(7-13(15)6-19)10-16-17-2-5-22-16/h2,5,11,13,15H,3-4,6-10H2,1H3/t13-,15+/m1/s1. The predicted octanol–water partition coefficient (Wildman–Crippen LogP) is 2.24. The number of aromatic nitrogens is 2. The molecule has 0 unspecified atom stereocenters. The van der Waals surface area contributed by atoms with Crippen LogP contribution in [0.2, 0.25) is 0 Å². The normalized spacial score (nSPS) is 26.3. The summed E-state index contributed by atoms with van der Waals surface area (Å²) in [5.41, 5.74) is 1.20. The second-order valence-electron chi connectivity index (χ2n) is 6.38. The minimum atomic E-state index is 0.372. The molecule has 0 N–H and O–H groups in total. The Kier molecular flexibility index (Phi) is 4.73. The van der Waals surface area contributed by atoms with Crippen molar-refractivity contribution in [2.45, 2.75) is 26.1 Å². The number of thiazole rings is 2. The molecule has 0 bridgehead atoms. The first-order valence-corrected chi connectivity index (χ1v) is 9.88. The van der Waals surface area contributed by atoms with E-state index in [2.05, 4.69) is 37.5 Å². The van der Waals surface area contributed by atoms with Crippen LogP contribution >= 0.6 is 22.7 Å². The Morgan fingerprint density at radius 1 is 1.22 bits per heavy atom. The van der Waals surface area contributed by atoms with Crippen molar-refractivity contribution >= 4 is 22.7 Å². The maximum atomic E-state index is 6.13. The summed E-state index contributed by atoms with van der Waals surface area (Å²) in [6, 6.07) is 0. The fraction of sp³-hybridized carbons (Fsp3) is 0.625. The van der Waals surface area contributed by atoms with E-state index < -0.39 is 0 Å². The Bertz CT molecular complexity index is 630. The number of hydrogen-bond donors (Lipinski definition) is 0. The first-order valence-electron chi connectivity index (χ1n) is 8.12. The lowest BCUT2D eigenvalue weighted by Gasteiger charge is -2.22. The first kappa shape index (κ1) is 15.7. The van der Waals surface area contributed by atoms with Crippen LogP contribution in [-0.2, 0) is 17.8 Å². The highest BCUT2D eigenvalue weighted by molar-refractivity contribution is 7.09. The van der Waals surface area contributed by atoms with E-state index in [0.29, 0.717) is 12.0 Å². The van der Waals surface area contributed by atoms with Gasteiger partial charge in [-0.3, -0.25) is 9.80 Å². The molecule has 7 heteroatoms. The van der Waals surface area contributed by atoms with Crippen molar-refractivity contribution in [3.05, 3.63) is 32.7 Å². The van der Waals surface area contributed by atoms with E-state index in [1.807, 2.05) is 6.20 Å². The van der Waals surface area contributed by atoms with E-state index in [9.17, 15) is 0 Å². The van der Waals surface area contributed by atoms with Crippen LogP contribution in [0.3, 0.4) is 0 Å². The average molecular weight is 351 g/mol. The largest absolute Gasteiger partial charge is 0.375 e. The fourth-order valence-corrected chi connectivity index (χ4v) is 4.81. The quantitative estimate of drug-likeness (QED) is 0.846. The summed E-state index contributed by atoms with van der Waals surface area (Å²) in [5, 5.41) is 6.59. The molecule has 0 aliphatic carbocycles. The zero-order chi connectivity index (χ0) is 15.6. The molecule has 0 spiro atoms. The Morgan fingerprint density at radius 2 is 2.13 bits per heavy atom. The average Bonchev–Trinajstić information content (AvgIpc) is 3.22. The Morgan fingerprint density at radius 3 is 2.91 bits per heavy atom. The molecule has 2 fully saturated rings. The smallest absolute Gasteiger partial charge is 0.107 e. The minimum Gasteiger partial charge on any atom is -0.375 e. The summed E-state index contributed by atoms with van der Waals surface area (Å²) >= 11 is 3.48. The van der Waals surface area contributed by atoms with Gasteiger partial charge in [0.05, 0.1) is 30.0 Å². The van der Waals surface area contributed by atoms with Gasteiger partial charge in [-0.2, -0.15) is 0 Å². The van der Waals surface area contributed by atoms with Crippen molar-refractivity contribution in [3.8, 4) is 0 Å². The highest BCUT2D eigenvalue weighted by Crippen LogP contribution is 2.26. The van der Waals surface area contributed by atoms with Crippen LogP contribution in [0.4, 0.5) is 0 Å². The Labute approximate surface area is 144 Å². The van der Waals surface area contributed by atoms with Gasteiger partial charge in [0.25, 0.3) is 0 Å². The number of likely N-dealkylation sites (tertiary alicyclic amines) is 1. The Hall–Kier alpha value is -0.860. The van der Waals surface area contributed by atoms with Crippen LogP contribution in [0.1, 0.15) is 15.7 Å². The number of fused-ring (bicyclic) bond motifs is 1. The number of nitrogens with zero attached hydrogens (tertiary/aromatic N) is 4. The number of hydrogen-bond acceptors (Lipinski definition) is 7. The first-order chi connectivity index (χ1) is 11.3. The highest BCUT2D eigenvalue weighted by Gasteiger charge is 2.36. The lowest BCUT2D eigenvalue weighted by atomic mass is 10.1. The molecule has 4 heterocycles. The summed E-state index contributed by atoms with van der Waals surface area (Å²) in [6.07, 6.45) is 2.26. The fourth-order valence-electron chi connectivity index (χ4n) is 3.55. The zero-order valence-corrected chi connectivity index (χ0v) is 15.0. The predicted molar refractivity (Wildman–Crippen MR) is 92.7 cm³/mol. The topological polar surface area (TPSA) is 41.5 Å². The third-order valence-electron chi connectivity index (χ3n) is 4.58. The van der Waals surface area contributed by atoms with Gasteiger partial charge in [0.1, 0.15) is 5.01 Å². The highest BCUT2D eigenvalue weighted by atomic mass is 32.1. The van der Waals surface area contributed by atoms with Crippen LogP contribution < -0.4 is 0 Å². The lowest BCUT2D eigenvalue weighted by molar-refractivity contribution is 0.0510. The molecular weight excluding hydrogens is 328 g/mol. The molecule has 0 radical (unpaired) electrons. The van der Waals surface area contributed by atoms with Gasteiger partial charge in [0.2, 0.25) is 0 Å². The molecule has 2 aliphatic rings. The van der Waals surface area contributed by atoms with Crippen molar-refractivity contribution in [3.63, 3.8) is 0 Å². The van der Waals surface area contributed by atoms with Gasteiger partial charge < -0.3 is 4.74 Å². The van der Waals surface area contributed by atoms with Crippen LogP contribution in [0.5, 0.6) is 0 Å². The second kappa shape index (κ2) is 6.94. The van der Waals surface area contributed by atoms with E-state index in [1.54, 1.807) is 22.7 Å². The van der Waals surface area contributed by atoms with Gasteiger partial charge in [-0.25, -0.2) is 9.97 Å². The van der Waals surface area contributed by atoms with E-state index in [-0.39, 0.29) is 0 Å². The molecule has 0 saturated carbocycles. The van der Waals surface area contributed by atoms with Crippen molar-refractivity contribution in [2.24, 2.45) is 5.92 Å². The Balaban J connectivity index is 1.36. The van der Waals surface area contributed by atoms with E-state index >= 15 is 0 Å². The monoisotopic (exact) mass is 350 g/mol. The van der Waals surface area contributed by atoms with Crippen molar-refractivity contribution in [1.29, 1.82) is 0 Å². The molecule has 2 aromatic heterocycles. The van der Waals surface area contributed by atoms with Gasteiger partial charge in [0, 0.05) is 55.6 Å². The summed E-state index contributed by atoms with van der Waals surface area (Å²) in [4.78, 5) is 14.0. The van der Waals surface area contributed by atoms with Crippen molar-refractivity contribution < 1.29 is 4.74 Å². The minimum absolute atomic E-state index is 0.372. The molecule has 2 aromatic rings. The van der Waals surface area contributed by atoms with Gasteiger partial charge >= 0.3 is 0 Å². The zero-order valence-electron chi connectivity index (χ0n) is 13.4. The van der Waals surface area contributed by atoms with Crippen molar-refractivity contribution in [1.82, 2.24) is 19.8 Å². The molecule has 0 amide bonds. The van der Waals surface area contributed by atoms with Crippen LogP contribution in [-0.4, -0.2) is 58.7 Å². The molecule has 2 saturated heterocycles. The second-order valence-corrected chi connectivity index (χ2v) is 8.42. The third kappa shape index (κ3) is 3.80. The van der Waals surface area contributed by atoms with Gasteiger partial charge in [-0.1, -0.05) is 0 Å². The number of aryl methyl sites for hydroxylation is 1. The van der Waals surface area contributed by atoms with E-state index in [4.69, 9.17) is 4.74 Å². The summed E-state index contributed by atoms with van der Waals surface area (Å²) in [5.74, 6) is 0.595.